The molecular formula is C16H20ClF2N3O3. The average molecular weight is 376 g/mol. The molecule has 0 aromatic heterocycles. The molecule has 1 aromatic carbocycles. The van der Waals surface area contributed by atoms with Crippen LogP contribution in [0.3, 0.4) is 0 Å². The lowest BCUT2D eigenvalue weighted by atomic mass is 10.1. The molecule has 2 aliphatic heterocycles. The molecule has 2 amide bonds. The second-order valence-electron chi connectivity index (χ2n) is 6.16. The number of aromatic hydroxyl groups is 1. The maximum Gasteiger partial charge on any atom is 0.262 e. The van der Waals surface area contributed by atoms with Crippen molar-refractivity contribution in [2.75, 3.05) is 32.7 Å². The minimum absolute atomic E-state index is 0. The first-order valence-electron chi connectivity index (χ1n) is 7.84. The minimum atomic E-state index is -2.84. The monoisotopic (exact) mass is 375 g/mol. The van der Waals surface area contributed by atoms with Crippen molar-refractivity contribution in [2.24, 2.45) is 0 Å². The second-order valence-corrected chi connectivity index (χ2v) is 6.16. The van der Waals surface area contributed by atoms with Gasteiger partial charge in [-0.15, -0.1) is 12.4 Å². The van der Waals surface area contributed by atoms with Gasteiger partial charge in [0.05, 0.1) is 12.6 Å². The standard InChI is InChI=1S/C16H19F2N3O3.ClH/c17-16(18)9-13(19-10-16)15(24)21-6-4-20(5-7-21)14(23)11-2-1-3-12(22)8-11;/h1-3,8,13,19,22H,4-7,9-10H2;1H. The van der Waals surface area contributed by atoms with Crippen LogP contribution in [-0.4, -0.2) is 71.4 Å². The Kier molecular flexibility index (Phi) is 5.84. The number of hydrogen-bond acceptors (Lipinski definition) is 4. The van der Waals surface area contributed by atoms with Gasteiger partial charge in [0.2, 0.25) is 5.91 Å². The topological polar surface area (TPSA) is 72.9 Å². The van der Waals surface area contributed by atoms with Crippen LogP contribution in [0.5, 0.6) is 5.75 Å². The fourth-order valence-electron chi connectivity index (χ4n) is 3.06. The van der Waals surface area contributed by atoms with Gasteiger partial charge in [-0.1, -0.05) is 6.07 Å². The number of hydrogen-bond donors (Lipinski definition) is 2. The molecular weight excluding hydrogens is 356 g/mol. The molecule has 138 valence electrons. The summed E-state index contributed by atoms with van der Waals surface area (Å²) < 4.78 is 26.4. The number of benzene rings is 1. The lowest BCUT2D eigenvalue weighted by Gasteiger charge is -2.36. The van der Waals surface area contributed by atoms with Crippen LogP contribution in [0.4, 0.5) is 8.78 Å². The Morgan fingerprint density at radius 1 is 1.16 bits per heavy atom. The van der Waals surface area contributed by atoms with Crippen molar-refractivity contribution in [3.63, 3.8) is 0 Å². The lowest BCUT2D eigenvalue weighted by molar-refractivity contribution is -0.135. The van der Waals surface area contributed by atoms with Gasteiger partial charge in [-0.2, -0.15) is 0 Å². The van der Waals surface area contributed by atoms with Gasteiger partial charge < -0.3 is 14.9 Å². The van der Waals surface area contributed by atoms with Crippen LogP contribution >= 0.6 is 12.4 Å². The highest BCUT2D eigenvalue weighted by atomic mass is 35.5. The number of nitrogens with one attached hydrogen (secondary N) is 1. The van der Waals surface area contributed by atoms with Gasteiger partial charge in [0, 0.05) is 38.2 Å². The average Bonchev–Trinajstić information content (AvgIpc) is 2.93. The largest absolute Gasteiger partial charge is 0.508 e. The predicted octanol–water partition coefficient (Wildman–Crippen LogP) is 1.10. The third kappa shape index (κ3) is 4.38. The smallest absolute Gasteiger partial charge is 0.262 e. The van der Waals surface area contributed by atoms with Crippen LogP contribution in [0.25, 0.3) is 0 Å². The fraction of sp³-hybridized carbons (Fsp3) is 0.500. The Labute approximate surface area is 150 Å². The molecule has 2 aliphatic rings. The highest BCUT2D eigenvalue weighted by Crippen LogP contribution is 2.26. The van der Waals surface area contributed by atoms with Gasteiger partial charge in [0.15, 0.2) is 0 Å². The van der Waals surface area contributed by atoms with Gasteiger partial charge in [-0.3, -0.25) is 14.9 Å². The predicted molar refractivity (Wildman–Crippen MR) is 89.2 cm³/mol. The summed E-state index contributed by atoms with van der Waals surface area (Å²) in [6.07, 6.45) is -0.478. The van der Waals surface area contributed by atoms with E-state index >= 15 is 0 Å². The number of carbonyl (C=O) groups is 2. The van der Waals surface area contributed by atoms with E-state index in [1.807, 2.05) is 0 Å². The summed E-state index contributed by atoms with van der Waals surface area (Å²) in [6.45, 7) is 0.826. The summed E-state index contributed by atoms with van der Waals surface area (Å²) in [5.74, 6) is -3.38. The van der Waals surface area contributed by atoms with Crippen molar-refractivity contribution in [1.29, 1.82) is 0 Å². The molecule has 0 spiro atoms. The quantitative estimate of drug-likeness (QED) is 0.812. The van der Waals surface area contributed by atoms with E-state index in [0.717, 1.165) is 0 Å². The zero-order valence-corrected chi connectivity index (χ0v) is 14.3. The normalized spacial score (nSPS) is 22.4. The first-order chi connectivity index (χ1) is 11.4. The van der Waals surface area contributed by atoms with Gasteiger partial charge >= 0.3 is 0 Å². The molecule has 2 heterocycles. The van der Waals surface area contributed by atoms with Crippen LogP contribution in [0.2, 0.25) is 0 Å². The molecule has 2 saturated heterocycles. The number of phenolic OH excluding ortho intramolecular Hbond substituents is 1. The summed E-state index contributed by atoms with van der Waals surface area (Å²) in [5.41, 5.74) is 0.381. The molecule has 1 aromatic rings. The molecule has 2 N–H and O–H groups in total. The summed E-state index contributed by atoms with van der Waals surface area (Å²) in [4.78, 5) is 27.8. The zero-order valence-electron chi connectivity index (χ0n) is 13.5. The van der Waals surface area contributed by atoms with Gasteiger partial charge in [-0.25, -0.2) is 8.78 Å². The number of carbonyl (C=O) groups excluding carboxylic acids is 2. The Morgan fingerprint density at radius 3 is 2.36 bits per heavy atom. The summed E-state index contributed by atoms with van der Waals surface area (Å²) in [7, 11) is 0. The van der Waals surface area contributed by atoms with Crippen molar-refractivity contribution in [3.8, 4) is 5.75 Å². The highest BCUT2D eigenvalue weighted by Gasteiger charge is 2.43. The van der Waals surface area contributed by atoms with Gasteiger partial charge in [0.25, 0.3) is 11.8 Å². The van der Waals surface area contributed by atoms with Crippen LogP contribution in [0, 0.1) is 0 Å². The van der Waals surface area contributed by atoms with Crippen molar-refractivity contribution in [1.82, 2.24) is 15.1 Å². The molecule has 25 heavy (non-hydrogen) atoms. The molecule has 9 heteroatoms. The highest BCUT2D eigenvalue weighted by molar-refractivity contribution is 5.94. The van der Waals surface area contributed by atoms with Crippen molar-refractivity contribution < 1.29 is 23.5 Å². The summed E-state index contributed by atoms with van der Waals surface area (Å²) in [6, 6.07) is 5.23. The van der Waals surface area contributed by atoms with Crippen molar-refractivity contribution in [2.45, 2.75) is 18.4 Å². The third-order valence-corrected chi connectivity index (χ3v) is 4.38. The fourth-order valence-corrected chi connectivity index (χ4v) is 3.06. The Bertz CT molecular complexity index is 651. The summed E-state index contributed by atoms with van der Waals surface area (Å²) in [5, 5.41) is 12.0. The summed E-state index contributed by atoms with van der Waals surface area (Å²) >= 11 is 0. The van der Waals surface area contributed by atoms with Gasteiger partial charge in [-0.05, 0) is 18.2 Å². The third-order valence-electron chi connectivity index (χ3n) is 4.38. The number of phenols is 1. The maximum absolute atomic E-state index is 13.2. The zero-order chi connectivity index (χ0) is 17.3. The van der Waals surface area contributed by atoms with E-state index in [0.29, 0.717) is 31.7 Å². The molecule has 1 unspecified atom stereocenters. The minimum Gasteiger partial charge on any atom is -0.508 e. The number of halogens is 3. The van der Waals surface area contributed by atoms with E-state index in [1.165, 1.54) is 17.0 Å². The molecule has 0 aliphatic carbocycles. The van der Waals surface area contributed by atoms with E-state index in [1.54, 1.807) is 17.0 Å². The first-order valence-corrected chi connectivity index (χ1v) is 7.84. The van der Waals surface area contributed by atoms with E-state index in [4.69, 9.17) is 0 Å². The number of alkyl halides is 2. The number of piperazine rings is 1. The van der Waals surface area contributed by atoms with E-state index in [2.05, 4.69) is 5.32 Å². The Hall–Kier alpha value is -1.93. The molecule has 3 rings (SSSR count). The maximum atomic E-state index is 13.2. The Balaban J connectivity index is 0.00000225. The lowest BCUT2D eigenvalue weighted by Crippen LogP contribution is -2.54. The number of rotatable bonds is 2. The molecule has 0 saturated carbocycles. The molecule has 2 fully saturated rings. The van der Waals surface area contributed by atoms with Crippen molar-refractivity contribution >= 4 is 24.2 Å². The number of nitrogens with zero attached hydrogens (tertiary/aromatic N) is 2. The van der Waals surface area contributed by atoms with E-state index in [9.17, 15) is 23.5 Å². The van der Waals surface area contributed by atoms with E-state index < -0.39 is 24.9 Å². The Morgan fingerprint density at radius 2 is 1.80 bits per heavy atom. The van der Waals surface area contributed by atoms with Crippen LogP contribution in [0.1, 0.15) is 16.8 Å². The SMILES string of the molecule is Cl.O=C(c1cccc(O)c1)N1CCN(C(=O)C2CC(F)(F)CN2)CC1. The molecule has 1 atom stereocenters. The molecule has 0 radical (unpaired) electrons. The van der Waals surface area contributed by atoms with Crippen LogP contribution < -0.4 is 5.32 Å². The second kappa shape index (κ2) is 7.53. The van der Waals surface area contributed by atoms with Gasteiger partial charge in [0.1, 0.15) is 5.75 Å². The van der Waals surface area contributed by atoms with Crippen molar-refractivity contribution in [3.05, 3.63) is 29.8 Å². The number of amides is 2. The van der Waals surface area contributed by atoms with E-state index in [-0.39, 0.29) is 30.0 Å². The van der Waals surface area contributed by atoms with Crippen LogP contribution in [-0.2, 0) is 4.79 Å². The molecule has 0 bridgehead atoms. The van der Waals surface area contributed by atoms with Crippen LogP contribution in [0.15, 0.2) is 24.3 Å². The first kappa shape index (κ1) is 19.4. The molecule has 6 nitrogen and oxygen atoms in total.